The van der Waals surface area contributed by atoms with Gasteiger partial charge in [0.25, 0.3) is 5.91 Å². The van der Waals surface area contributed by atoms with E-state index in [-0.39, 0.29) is 5.91 Å². The summed E-state index contributed by atoms with van der Waals surface area (Å²) in [6.45, 7) is 3.19. The van der Waals surface area contributed by atoms with E-state index >= 15 is 0 Å². The first-order chi connectivity index (χ1) is 11.1. The molecule has 0 saturated carbocycles. The summed E-state index contributed by atoms with van der Waals surface area (Å²) in [6.07, 6.45) is 1.10. The molecule has 7 nitrogen and oxygen atoms in total. The van der Waals surface area contributed by atoms with Gasteiger partial charge in [0.05, 0.1) is 11.9 Å². The van der Waals surface area contributed by atoms with E-state index in [0.29, 0.717) is 24.4 Å². The summed E-state index contributed by atoms with van der Waals surface area (Å²) in [5.74, 6) is 0.368. The van der Waals surface area contributed by atoms with Crippen molar-refractivity contribution < 1.29 is 17.9 Å². The highest BCUT2D eigenvalue weighted by Crippen LogP contribution is 2.21. The quantitative estimate of drug-likeness (QED) is 0.711. The lowest BCUT2D eigenvalue weighted by Crippen LogP contribution is -2.40. The fourth-order valence-corrected chi connectivity index (χ4v) is 2.43. The molecule has 0 unspecified atom stereocenters. The zero-order chi connectivity index (χ0) is 18.3. The van der Waals surface area contributed by atoms with Crippen molar-refractivity contribution in [3.8, 4) is 5.75 Å². The van der Waals surface area contributed by atoms with E-state index in [4.69, 9.17) is 4.74 Å². The second kappa shape index (κ2) is 8.89. The normalized spacial score (nSPS) is 12.8. The molecular weight excluding hydrogens is 330 g/mol. The maximum Gasteiger partial charge on any atom is 0.261 e. The van der Waals surface area contributed by atoms with E-state index < -0.39 is 16.1 Å². The monoisotopic (exact) mass is 357 g/mol. The minimum absolute atomic E-state index is 0.156. The first-order valence-corrected chi connectivity index (χ1v) is 9.63. The van der Waals surface area contributed by atoms with Crippen LogP contribution in [-0.2, 0) is 14.8 Å². The molecule has 1 N–H and O–H groups in total. The molecule has 0 heterocycles. The van der Waals surface area contributed by atoms with Crippen LogP contribution in [0.15, 0.2) is 24.3 Å². The van der Waals surface area contributed by atoms with Crippen LogP contribution in [-0.4, -0.2) is 65.8 Å². The van der Waals surface area contributed by atoms with Gasteiger partial charge in [-0.15, -0.1) is 0 Å². The Bertz CT molecular complexity index is 629. The first kappa shape index (κ1) is 20.2. The Morgan fingerprint density at radius 3 is 2.25 bits per heavy atom. The van der Waals surface area contributed by atoms with E-state index in [9.17, 15) is 13.2 Å². The number of rotatable bonds is 9. The van der Waals surface area contributed by atoms with Crippen molar-refractivity contribution in [3.05, 3.63) is 24.3 Å². The van der Waals surface area contributed by atoms with Crippen LogP contribution in [0.1, 0.15) is 13.3 Å². The number of anilines is 1. The molecule has 0 saturated heterocycles. The van der Waals surface area contributed by atoms with Crippen LogP contribution in [0.2, 0.25) is 0 Å². The lowest BCUT2D eigenvalue weighted by molar-refractivity contribution is -0.128. The number of carbonyl (C=O) groups is 1. The highest BCUT2D eigenvalue weighted by Gasteiger charge is 2.18. The van der Waals surface area contributed by atoms with Gasteiger partial charge in [-0.25, -0.2) is 8.42 Å². The van der Waals surface area contributed by atoms with Crippen molar-refractivity contribution >= 4 is 21.6 Å². The van der Waals surface area contributed by atoms with E-state index in [1.807, 2.05) is 25.9 Å². The van der Waals surface area contributed by atoms with E-state index in [1.165, 1.54) is 11.4 Å². The molecule has 1 aromatic rings. The third kappa shape index (κ3) is 6.37. The number of nitrogens with zero attached hydrogens (tertiary/aromatic N) is 2. The van der Waals surface area contributed by atoms with E-state index in [0.717, 1.165) is 12.8 Å². The van der Waals surface area contributed by atoms with Crippen molar-refractivity contribution in [3.63, 3.8) is 0 Å². The van der Waals surface area contributed by atoms with Gasteiger partial charge in [-0.2, -0.15) is 0 Å². The predicted molar refractivity (Wildman–Crippen MR) is 96.0 cm³/mol. The first-order valence-electron chi connectivity index (χ1n) is 7.78. The summed E-state index contributed by atoms with van der Waals surface area (Å²) in [4.78, 5) is 14.1. The largest absolute Gasteiger partial charge is 0.481 e. The molecule has 0 fully saturated rings. The van der Waals surface area contributed by atoms with Crippen molar-refractivity contribution in [1.82, 2.24) is 10.2 Å². The van der Waals surface area contributed by atoms with Crippen LogP contribution in [0.5, 0.6) is 5.75 Å². The van der Waals surface area contributed by atoms with Crippen LogP contribution < -0.4 is 14.4 Å². The molecule has 0 aliphatic carbocycles. The number of ether oxygens (including phenoxy) is 1. The molecule has 8 heteroatoms. The van der Waals surface area contributed by atoms with Crippen molar-refractivity contribution in [2.24, 2.45) is 0 Å². The molecule has 1 rings (SSSR count). The van der Waals surface area contributed by atoms with Crippen molar-refractivity contribution in [2.45, 2.75) is 19.4 Å². The Kier molecular flexibility index (Phi) is 7.50. The molecular formula is C16H27N3O4S. The van der Waals surface area contributed by atoms with Gasteiger partial charge in [0, 0.05) is 20.1 Å². The van der Waals surface area contributed by atoms with Gasteiger partial charge in [-0.05, 0) is 44.8 Å². The summed E-state index contributed by atoms with van der Waals surface area (Å²) in [5.41, 5.74) is 0.535. The zero-order valence-corrected chi connectivity index (χ0v) is 15.8. The van der Waals surface area contributed by atoms with Crippen molar-refractivity contribution in [2.75, 3.05) is 44.8 Å². The smallest absolute Gasteiger partial charge is 0.261 e. The zero-order valence-electron chi connectivity index (χ0n) is 14.9. The number of carbonyl (C=O) groups excluding carboxylic acids is 1. The average molecular weight is 357 g/mol. The van der Waals surface area contributed by atoms with Gasteiger partial charge in [-0.3, -0.25) is 9.10 Å². The molecule has 0 bridgehead atoms. The topological polar surface area (TPSA) is 78.9 Å². The maximum absolute atomic E-state index is 12.1. The lowest BCUT2D eigenvalue weighted by atomic mass is 10.2. The summed E-state index contributed by atoms with van der Waals surface area (Å²) < 4.78 is 29.9. The molecule has 0 spiro atoms. The summed E-state index contributed by atoms with van der Waals surface area (Å²) in [7, 11) is 2.06. The van der Waals surface area contributed by atoms with Gasteiger partial charge < -0.3 is 15.0 Å². The summed E-state index contributed by atoms with van der Waals surface area (Å²) in [5, 5.41) is 2.84. The molecule has 1 aromatic carbocycles. The third-order valence-corrected chi connectivity index (χ3v) is 4.70. The van der Waals surface area contributed by atoms with Gasteiger partial charge in [-0.1, -0.05) is 6.92 Å². The van der Waals surface area contributed by atoms with Gasteiger partial charge in [0.15, 0.2) is 6.10 Å². The average Bonchev–Trinajstić information content (AvgIpc) is 2.51. The van der Waals surface area contributed by atoms with Gasteiger partial charge in [0.1, 0.15) is 5.75 Å². The number of hydrogen-bond acceptors (Lipinski definition) is 5. The number of hydrogen-bond donors (Lipinski definition) is 1. The molecule has 0 aliphatic heterocycles. The predicted octanol–water partition coefficient (Wildman–Crippen LogP) is 0.918. The maximum atomic E-state index is 12.1. The second-order valence-corrected chi connectivity index (χ2v) is 7.85. The van der Waals surface area contributed by atoms with Gasteiger partial charge in [0.2, 0.25) is 10.0 Å². The SMILES string of the molecule is CC[C@@H](Oc1ccc(N(C)S(C)(=O)=O)cc1)C(=O)NCCN(C)C. The number of sulfonamides is 1. The molecule has 0 aliphatic rings. The van der Waals surface area contributed by atoms with Gasteiger partial charge >= 0.3 is 0 Å². The highest BCUT2D eigenvalue weighted by molar-refractivity contribution is 7.92. The molecule has 1 atom stereocenters. The third-order valence-electron chi connectivity index (χ3n) is 3.50. The molecule has 0 radical (unpaired) electrons. The molecule has 136 valence electrons. The van der Waals surface area contributed by atoms with Crippen LogP contribution in [0.3, 0.4) is 0 Å². The van der Waals surface area contributed by atoms with Crippen LogP contribution in [0.4, 0.5) is 5.69 Å². The summed E-state index contributed by atoms with van der Waals surface area (Å²) >= 11 is 0. The van der Waals surface area contributed by atoms with Crippen molar-refractivity contribution in [1.29, 1.82) is 0 Å². The second-order valence-electron chi connectivity index (χ2n) is 5.83. The molecule has 1 amide bonds. The Morgan fingerprint density at radius 1 is 1.21 bits per heavy atom. The lowest BCUT2D eigenvalue weighted by Gasteiger charge is -2.20. The fraction of sp³-hybridized carbons (Fsp3) is 0.562. The minimum Gasteiger partial charge on any atom is -0.481 e. The Morgan fingerprint density at radius 2 is 1.79 bits per heavy atom. The Balaban J connectivity index is 2.68. The Hall–Kier alpha value is -1.80. The molecule has 24 heavy (non-hydrogen) atoms. The standard InChI is InChI=1S/C16H27N3O4S/c1-6-15(16(20)17-11-12-18(2)3)23-14-9-7-13(8-10-14)19(4)24(5,21)22/h7-10,15H,6,11-12H2,1-5H3,(H,17,20)/t15-/m1/s1. The van der Waals surface area contributed by atoms with Crippen LogP contribution in [0, 0.1) is 0 Å². The van der Waals surface area contributed by atoms with Crippen LogP contribution >= 0.6 is 0 Å². The summed E-state index contributed by atoms with van der Waals surface area (Å²) in [6, 6.07) is 6.61. The highest BCUT2D eigenvalue weighted by atomic mass is 32.2. The fourth-order valence-electron chi connectivity index (χ4n) is 1.93. The van der Waals surface area contributed by atoms with Crippen LogP contribution in [0.25, 0.3) is 0 Å². The van der Waals surface area contributed by atoms with E-state index in [2.05, 4.69) is 5.32 Å². The van der Waals surface area contributed by atoms with E-state index in [1.54, 1.807) is 24.3 Å². The number of nitrogens with one attached hydrogen (secondary N) is 1. The number of amides is 1. The number of likely N-dealkylation sites (N-methyl/N-ethyl adjacent to an activating group) is 1. The number of benzene rings is 1. The Labute approximate surface area is 144 Å². The minimum atomic E-state index is -3.30. The molecule has 0 aromatic heterocycles.